The standard InChI is InChI=1S/C17H27N5OS.HI/c1-3-19-17(22-14-6-7-15(11-14)24-2)21-10-9-20-16(23)13-5-4-8-18-12-13;/h4-5,8,12,14-15H,3,6-7,9-11H2,1-2H3,(H,20,23)(H2,19,21,22);1H. The number of aliphatic imine (C=N–C) groups is 1. The van der Waals surface area contributed by atoms with E-state index in [-0.39, 0.29) is 29.9 Å². The number of hydrogen-bond acceptors (Lipinski definition) is 4. The lowest BCUT2D eigenvalue weighted by atomic mass is 10.2. The van der Waals surface area contributed by atoms with Crippen molar-refractivity contribution < 1.29 is 4.79 Å². The third-order valence-corrected chi connectivity index (χ3v) is 5.09. The molecule has 1 amide bonds. The number of aromatic nitrogens is 1. The highest BCUT2D eigenvalue weighted by Gasteiger charge is 2.24. The molecule has 1 fully saturated rings. The smallest absolute Gasteiger partial charge is 0.252 e. The summed E-state index contributed by atoms with van der Waals surface area (Å²) in [7, 11) is 0. The van der Waals surface area contributed by atoms with Gasteiger partial charge in [0, 0.05) is 36.8 Å². The predicted molar refractivity (Wildman–Crippen MR) is 116 cm³/mol. The maximum absolute atomic E-state index is 11.9. The number of pyridine rings is 1. The van der Waals surface area contributed by atoms with Gasteiger partial charge < -0.3 is 16.0 Å². The van der Waals surface area contributed by atoms with Gasteiger partial charge in [-0.25, -0.2) is 0 Å². The van der Waals surface area contributed by atoms with Gasteiger partial charge in [0.25, 0.3) is 5.91 Å². The molecule has 1 aromatic heterocycles. The van der Waals surface area contributed by atoms with E-state index in [2.05, 4.69) is 39.1 Å². The van der Waals surface area contributed by atoms with Crippen molar-refractivity contribution in [3.05, 3.63) is 30.1 Å². The van der Waals surface area contributed by atoms with Crippen molar-refractivity contribution >= 4 is 47.6 Å². The lowest BCUT2D eigenvalue weighted by Crippen LogP contribution is -2.43. The first kappa shape index (κ1) is 22.0. The first-order valence-corrected chi connectivity index (χ1v) is 9.77. The number of guanidine groups is 1. The Bertz CT molecular complexity index is 543. The molecule has 140 valence electrons. The fourth-order valence-corrected chi connectivity index (χ4v) is 3.53. The molecule has 1 aliphatic rings. The first-order valence-electron chi connectivity index (χ1n) is 8.48. The highest BCUT2D eigenvalue weighted by atomic mass is 127. The Labute approximate surface area is 171 Å². The Hall–Kier alpha value is -1.03. The minimum absolute atomic E-state index is 0. The highest BCUT2D eigenvalue weighted by molar-refractivity contribution is 14.0. The van der Waals surface area contributed by atoms with Crippen molar-refractivity contribution in [2.45, 2.75) is 37.5 Å². The van der Waals surface area contributed by atoms with E-state index in [9.17, 15) is 4.79 Å². The van der Waals surface area contributed by atoms with Gasteiger partial charge in [-0.1, -0.05) is 0 Å². The summed E-state index contributed by atoms with van der Waals surface area (Å²) in [5.74, 6) is 0.717. The van der Waals surface area contributed by atoms with E-state index in [1.54, 1.807) is 24.5 Å². The van der Waals surface area contributed by atoms with Gasteiger partial charge in [0.1, 0.15) is 0 Å². The molecule has 6 nitrogen and oxygen atoms in total. The quantitative estimate of drug-likeness (QED) is 0.243. The van der Waals surface area contributed by atoms with Gasteiger partial charge in [0.2, 0.25) is 0 Å². The zero-order valence-electron chi connectivity index (χ0n) is 14.8. The van der Waals surface area contributed by atoms with Crippen LogP contribution in [-0.2, 0) is 0 Å². The molecular formula is C17H28IN5OS. The average molecular weight is 477 g/mol. The number of carbonyl (C=O) groups excluding carboxylic acids is 1. The maximum Gasteiger partial charge on any atom is 0.252 e. The summed E-state index contributed by atoms with van der Waals surface area (Å²) in [4.78, 5) is 20.4. The molecule has 2 atom stereocenters. The molecule has 1 heterocycles. The second-order valence-electron chi connectivity index (χ2n) is 5.77. The summed E-state index contributed by atoms with van der Waals surface area (Å²) in [5.41, 5.74) is 0.570. The number of halogens is 1. The first-order chi connectivity index (χ1) is 11.7. The number of carbonyl (C=O) groups is 1. The van der Waals surface area contributed by atoms with Crippen LogP contribution in [0.3, 0.4) is 0 Å². The van der Waals surface area contributed by atoms with Crippen molar-refractivity contribution in [1.29, 1.82) is 0 Å². The topological polar surface area (TPSA) is 78.4 Å². The van der Waals surface area contributed by atoms with Crippen molar-refractivity contribution in [2.75, 3.05) is 25.9 Å². The van der Waals surface area contributed by atoms with Crippen LogP contribution in [0.2, 0.25) is 0 Å². The van der Waals surface area contributed by atoms with E-state index < -0.39 is 0 Å². The van der Waals surface area contributed by atoms with Crippen LogP contribution in [-0.4, -0.2) is 54.0 Å². The Balaban J connectivity index is 0.00000312. The minimum Gasteiger partial charge on any atom is -0.357 e. The van der Waals surface area contributed by atoms with Gasteiger partial charge in [0.15, 0.2) is 5.96 Å². The molecule has 0 saturated heterocycles. The van der Waals surface area contributed by atoms with Crippen LogP contribution in [0.4, 0.5) is 0 Å². The molecule has 0 bridgehead atoms. The summed E-state index contributed by atoms with van der Waals surface area (Å²) in [5, 5.41) is 10.4. The number of hydrogen-bond donors (Lipinski definition) is 3. The molecule has 25 heavy (non-hydrogen) atoms. The van der Waals surface area contributed by atoms with Gasteiger partial charge in [-0.15, -0.1) is 24.0 Å². The largest absolute Gasteiger partial charge is 0.357 e. The molecule has 0 aliphatic heterocycles. The SMILES string of the molecule is CCNC(=NCCNC(=O)c1cccnc1)NC1CCC(SC)C1.I. The number of nitrogens with one attached hydrogen (secondary N) is 3. The second-order valence-corrected chi connectivity index (χ2v) is 6.91. The Morgan fingerprint density at radius 3 is 2.88 bits per heavy atom. The summed E-state index contributed by atoms with van der Waals surface area (Å²) >= 11 is 1.95. The van der Waals surface area contributed by atoms with Crippen molar-refractivity contribution in [3.63, 3.8) is 0 Å². The predicted octanol–water partition coefficient (Wildman–Crippen LogP) is 2.27. The molecule has 2 rings (SSSR count). The van der Waals surface area contributed by atoms with Gasteiger partial charge in [-0.2, -0.15) is 11.8 Å². The Morgan fingerprint density at radius 2 is 2.24 bits per heavy atom. The lowest BCUT2D eigenvalue weighted by molar-refractivity contribution is 0.0954. The minimum atomic E-state index is -0.116. The fourth-order valence-electron chi connectivity index (χ4n) is 2.73. The normalized spacial score (nSPS) is 19.8. The highest BCUT2D eigenvalue weighted by Crippen LogP contribution is 2.27. The molecule has 1 saturated carbocycles. The van der Waals surface area contributed by atoms with Crippen LogP contribution in [0.15, 0.2) is 29.5 Å². The van der Waals surface area contributed by atoms with Crippen LogP contribution in [0.25, 0.3) is 0 Å². The van der Waals surface area contributed by atoms with Gasteiger partial charge in [0.05, 0.1) is 12.1 Å². The molecule has 0 spiro atoms. The number of thioether (sulfide) groups is 1. The van der Waals surface area contributed by atoms with E-state index in [0.717, 1.165) is 17.8 Å². The number of amides is 1. The van der Waals surface area contributed by atoms with Crippen molar-refractivity contribution in [1.82, 2.24) is 20.9 Å². The molecule has 2 unspecified atom stereocenters. The van der Waals surface area contributed by atoms with E-state index in [0.29, 0.717) is 24.7 Å². The molecule has 1 aromatic rings. The van der Waals surface area contributed by atoms with E-state index in [1.165, 1.54) is 19.3 Å². The average Bonchev–Trinajstić information content (AvgIpc) is 3.07. The molecular weight excluding hydrogens is 449 g/mol. The summed E-state index contributed by atoms with van der Waals surface area (Å²) in [6.07, 6.45) is 9.03. The van der Waals surface area contributed by atoms with Crippen LogP contribution in [0.5, 0.6) is 0 Å². The van der Waals surface area contributed by atoms with E-state index in [1.807, 2.05) is 11.8 Å². The molecule has 8 heteroatoms. The van der Waals surface area contributed by atoms with Crippen LogP contribution in [0.1, 0.15) is 36.5 Å². The summed E-state index contributed by atoms with van der Waals surface area (Å²) in [6.45, 7) is 3.93. The van der Waals surface area contributed by atoms with Gasteiger partial charge in [-0.05, 0) is 44.6 Å². The number of nitrogens with zero attached hydrogens (tertiary/aromatic N) is 2. The maximum atomic E-state index is 11.9. The van der Waals surface area contributed by atoms with Crippen LogP contribution >= 0.6 is 35.7 Å². The number of rotatable bonds is 7. The fraction of sp³-hybridized carbons (Fsp3) is 0.588. The lowest BCUT2D eigenvalue weighted by Gasteiger charge is -2.17. The zero-order valence-corrected chi connectivity index (χ0v) is 18.0. The van der Waals surface area contributed by atoms with Gasteiger partial charge >= 0.3 is 0 Å². The van der Waals surface area contributed by atoms with Crippen molar-refractivity contribution in [3.8, 4) is 0 Å². The monoisotopic (exact) mass is 477 g/mol. The van der Waals surface area contributed by atoms with Crippen LogP contribution < -0.4 is 16.0 Å². The molecule has 0 aromatic carbocycles. The molecule has 0 radical (unpaired) electrons. The third-order valence-electron chi connectivity index (χ3n) is 3.99. The third kappa shape index (κ3) is 7.81. The summed E-state index contributed by atoms with van der Waals surface area (Å²) < 4.78 is 0. The molecule has 1 aliphatic carbocycles. The Kier molecular flexibility index (Phi) is 10.9. The van der Waals surface area contributed by atoms with Crippen molar-refractivity contribution in [2.24, 2.45) is 4.99 Å². The van der Waals surface area contributed by atoms with E-state index >= 15 is 0 Å². The van der Waals surface area contributed by atoms with E-state index in [4.69, 9.17) is 0 Å². The second kappa shape index (κ2) is 12.3. The summed E-state index contributed by atoms with van der Waals surface area (Å²) in [6, 6.07) is 3.99. The van der Waals surface area contributed by atoms with Crippen LogP contribution in [0, 0.1) is 0 Å². The molecule has 3 N–H and O–H groups in total. The van der Waals surface area contributed by atoms with Gasteiger partial charge in [-0.3, -0.25) is 14.8 Å². The zero-order chi connectivity index (χ0) is 17.2. The Morgan fingerprint density at radius 1 is 1.40 bits per heavy atom.